The average Bonchev–Trinajstić information content (AvgIpc) is 2.64. The molecule has 0 aliphatic heterocycles. The summed E-state index contributed by atoms with van der Waals surface area (Å²) in [6.07, 6.45) is 2.67. The number of rotatable bonds is 5. The number of nitrogens with zero attached hydrogens (tertiary/aromatic N) is 1. The smallest absolute Gasteiger partial charge is 0.269 e. The van der Waals surface area contributed by atoms with E-state index in [0.717, 1.165) is 0 Å². The lowest BCUT2D eigenvalue weighted by atomic mass is 10.2. The Hall–Kier alpha value is -3.68. The number of non-ortho nitro benzene ring substituents is 1. The van der Waals surface area contributed by atoms with E-state index in [1.165, 1.54) is 43.5 Å². The van der Waals surface area contributed by atoms with Crippen molar-refractivity contribution in [3.05, 3.63) is 75.8 Å². The summed E-state index contributed by atoms with van der Waals surface area (Å²) in [5.41, 5.74) is 5.46. The number of carbonyl (C=O) groups is 2. The maximum absolute atomic E-state index is 11.9. The van der Waals surface area contributed by atoms with Crippen LogP contribution in [0.5, 0.6) is 5.75 Å². The van der Waals surface area contributed by atoms with E-state index in [1.54, 1.807) is 24.3 Å². The van der Waals surface area contributed by atoms with Gasteiger partial charge in [0, 0.05) is 23.8 Å². The Morgan fingerprint density at radius 1 is 1.04 bits per heavy atom. The van der Waals surface area contributed by atoms with E-state index in [9.17, 15) is 19.7 Å². The van der Waals surface area contributed by atoms with E-state index < -0.39 is 16.7 Å². The second kappa shape index (κ2) is 8.25. The maximum Gasteiger partial charge on any atom is 0.269 e. The lowest BCUT2D eigenvalue weighted by Gasteiger charge is -2.06. The van der Waals surface area contributed by atoms with Crippen molar-refractivity contribution in [3.8, 4) is 5.75 Å². The van der Waals surface area contributed by atoms with Gasteiger partial charge < -0.3 is 4.74 Å². The molecule has 0 unspecified atom stereocenters. The van der Waals surface area contributed by atoms with Crippen molar-refractivity contribution in [1.82, 2.24) is 10.9 Å². The molecule has 0 bridgehead atoms. The number of methoxy groups -OCH3 is 1. The SMILES string of the molecule is COc1ccc(C(=O)NNC(=O)/C=C/c2ccc([N+](=O)[O-])cc2)cc1. The highest BCUT2D eigenvalue weighted by Gasteiger charge is 2.06. The molecule has 2 rings (SSSR count). The Labute approximate surface area is 143 Å². The fraction of sp³-hybridized carbons (Fsp3) is 0.0588. The molecule has 0 fully saturated rings. The van der Waals surface area contributed by atoms with Gasteiger partial charge in [-0.2, -0.15) is 0 Å². The highest BCUT2D eigenvalue weighted by atomic mass is 16.6. The molecule has 0 aliphatic rings. The minimum Gasteiger partial charge on any atom is -0.497 e. The first-order valence-electron chi connectivity index (χ1n) is 7.16. The van der Waals surface area contributed by atoms with Gasteiger partial charge in [-0.3, -0.25) is 30.6 Å². The molecule has 2 aromatic rings. The van der Waals surface area contributed by atoms with Gasteiger partial charge in [0.1, 0.15) is 5.75 Å². The molecule has 2 aromatic carbocycles. The number of carbonyl (C=O) groups excluding carboxylic acids is 2. The quantitative estimate of drug-likeness (QED) is 0.491. The van der Waals surface area contributed by atoms with Gasteiger partial charge in [0.2, 0.25) is 0 Å². The third-order valence-corrected chi connectivity index (χ3v) is 3.18. The molecular weight excluding hydrogens is 326 g/mol. The minimum absolute atomic E-state index is 0.0339. The molecule has 0 atom stereocenters. The van der Waals surface area contributed by atoms with Gasteiger partial charge in [0.05, 0.1) is 12.0 Å². The van der Waals surface area contributed by atoms with Gasteiger partial charge in [0.25, 0.3) is 17.5 Å². The summed E-state index contributed by atoms with van der Waals surface area (Å²) in [7, 11) is 1.52. The second-order valence-corrected chi connectivity index (χ2v) is 4.85. The van der Waals surface area contributed by atoms with Crippen LogP contribution >= 0.6 is 0 Å². The predicted octanol–water partition coefficient (Wildman–Crippen LogP) is 2.08. The molecule has 128 valence electrons. The van der Waals surface area contributed by atoms with Gasteiger partial charge in [-0.15, -0.1) is 0 Å². The van der Waals surface area contributed by atoms with Crippen LogP contribution in [0.15, 0.2) is 54.6 Å². The van der Waals surface area contributed by atoms with Crippen LogP contribution in [0.4, 0.5) is 5.69 Å². The third kappa shape index (κ3) is 5.17. The zero-order valence-electron chi connectivity index (χ0n) is 13.3. The van der Waals surface area contributed by atoms with E-state index >= 15 is 0 Å². The van der Waals surface area contributed by atoms with E-state index in [1.807, 2.05) is 0 Å². The molecule has 0 radical (unpaired) electrons. The van der Waals surface area contributed by atoms with Crippen molar-refractivity contribution >= 4 is 23.6 Å². The Bertz CT molecular complexity index is 798. The summed E-state index contributed by atoms with van der Waals surface area (Å²) in [6, 6.07) is 12.1. The molecule has 2 N–H and O–H groups in total. The monoisotopic (exact) mass is 341 g/mol. The van der Waals surface area contributed by atoms with Gasteiger partial charge in [-0.25, -0.2) is 0 Å². The van der Waals surface area contributed by atoms with Crippen molar-refractivity contribution in [3.63, 3.8) is 0 Å². The van der Waals surface area contributed by atoms with Crippen molar-refractivity contribution in [2.24, 2.45) is 0 Å². The maximum atomic E-state index is 11.9. The third-order valence-electron chi connectivity index (χ3n) is 3.18. The summed E-state index contributed by atoms with van der Waals surface area (Å²) >= 11 is 0. The fourth-order valence-corrected chi connectivity index (χ4v) is 1.85. The number of nitro benzene ring substituents is 1. The van der Waals surface area contributed by atoms with E-state index in [2.05, 4.69) is 10.9 Å². The van der Waals surface area contributed by atoms with E-state index in [4.69, 9.17) is 4.74 Å². The van der Waals surface area contributed by atoms with Gasteiger partial charge in [0.15, 0.2) is 0 Å². The van der Waals surface area contributed by atoms with Crippen LogP contribution in [-0.2, 0) is 4.79 Å². The lowest BCUT2D eigenvalue weighted by molar-refractivity contribution is -0.384. The van der Waals surface area contributed by atoms with Crippen LogP contribution in [0, 0.1) is 10.1 Å². The Morgan fingerprint density at radius 3 is 2.24 bits per heavy atom. The Kier molecular flexibility index (Phi) is 5.83. The van der Waals surface area contributed by atoms with Crippen LogP contribution < -0.4 is 15.6 Å². The predicted molar refractivity (Wildman–Crippen MR) is 90.7 cm³/mol. The average molecular weight is 341 g/mol. The Balaban J connectivity index is 1.86. The molecular formula is C17H15N3O5. The van der Waals surface area contributed by atoms with Crippen LogP contribution in [0.3, 0.4) is 0 Å². The summed E-state index contributed by atoms with van der Waals surface area (Å²) in [5.74, 6) is -0.397. The zero-order valence-corrected chi connectivity index (χ0v) is 13.3. The normalized spacial score (nSPS) is 10.3. The van der Waals surface area contributed by atoms with E-state index in [-0.39, 0.29) is 5.69 Å². The highest BCUT2D eigenvalue weighted by Crippen LogP contribution is 2.13. The van der Waals surface area contributed by atoms with Crippen LogP contribution in [0.1, 0.15) is 15.9 Å². The number of amides is 2. The van der Waals surface area contributed by atoms with Crippen LogP contribution in [0.2, 0.25) is 0 Å². The molecule has 0 aliphatic carbocycles. The molecule has 0 aromatic heterocycles. The summed E-state index contributed by atoms with van der Waals surface area (Å²) < 4.78 is 4.99. The topological polar surface area (TPSA) is 111 Å². The first kappa shape index (κ1) is 17.7. The second-order valence-electron chi connectivity index (χ2n) is 4.85. The van der Waals surface area contributed by atoms with Crippen molar-refractivity contribution < 1.29 is 19.2 Å². The molecule has 8 nitrogen and oxygen atoms in total. The molecule has 25 heavy (non-hydrogen) atoms. The number of nitrogens with one attached hydrogen (secondary N) is 2. The van der Waals surface area contributed by atoms with Crippen LogP contribution in [0.25, 0.3) is 6.08 Å². The molecule has 2 amide bonds. The Morgan fingerprint density at radius 2 is 1.68 bits per heavy atom. The summed E-state index contributed by atoms with van der Waals surface area (Å²) in [4.78, 5) is 33.6. The van der Waals surface area contributed by atoms with E-state index in [0.29, 0.717) is 16.9 Å². The number of benzene rings is 2. The van der Waals surface area contributed by atoms with Gasteiger partial charge in [-0.1, -0.05) is 0 Å². The number of ether oxygens (including phenoxy) is 1. The molecule has 0 saturated carbocycles. The van der Waals surface area contributed by atoms with Gasteiger partial charge >= 0.3 is 0 Å². The summed E-state index contributed by atoms with van der Waals surface area (Å²) in [5, 5.41) is 10.6. The lowest BCUT2D eigenvalue weighted by Crippen LogP contribution is -2.40. The van der Waals surface area contributed by atoms with Crippen molar-refractivity contribution in [1.29, 1.82) is 0 Å². The number of hydrazine groups is 1. The largest absolute Gasteiger partial charge is 0.497 e. The minimum atomic E-state index is -0.541. The highest BCUT2D eigenvalue weighted by molar-refractivity contribution is 5.97. The first-order chi connectivity index (χ1) is 12.0. The number of hydrogen-bond acceptors (Lipinski definition) is 5. The summed E-state index contributed by atoms with van der Waals surface area (Å²) in [6.45, 7) is 0. The molecule has 0 heterocycles. The number of nitro groups is 1. The number of hydrogen-bond donors (Lipinski definition) is 2. The van der Waals surface area contributed by atoms with Crippen molar-refractivity contribution in [2.75, 3.05) is 7.11 Å². The zero-order chi connectivity index (χ0) is 18.2. The molecule has 8 heteroatoms. The fourth-order valence-electron chi connectivity index (χ4n) is 1.85. The molecule has 0 spiro atoms. The standard InChI is InChI=1S/C17H15N3O5/c1-25-15-9-5-13(6-10-15)17(22)19-18-16(21)11-4-12-2-7-14(8-3-12)20(23)24/h2-11H,1H3,(H,18,21)(H,19,22)/b11-4+. The van der Waals surface area contributed by atoms with Crippen molar-refractivity contribution in [2.45, 2.75) is 0 Å². The van der Waals surface area contributed by atoms with Crippen LogP contribution in [-0.4, -0.2) is 23.8 Å². The van der Waals surface area contributed by atoms with Gasteiger partial charge in [-0.05, 0) is 48.0 Å². The first-order valence-corrected chi connectivity index (χ1v) is 7.16. The molecule has 0 saturated heterocycles.